The molecule has 14 heavy (non-hydrogen) atoms. The third kappa shape index (κ3) is 1.64. The normalized spacial score (nSPS) is 44.4. The van der Waals surface area contributed by atoms with E-state index < -0.39 is 0 Å². The van der Waals surface area contributed by atoms with Crippen LogP contribution >= 0.6 is 0 Å². The molecule has 2 fully saturated rings. The first kappa shape index (κ1) is 9.93. The Bertz CT molecular complexity index is 244. The average molecular weight is 199 g/mol. The molecular weight excluding hydrogens is 182 g/mol. The summed E-state index contributed by atoms with van der Waals surface area (Å²) >= 11 is 0. The lowest BCUT2D eigenvalue weighted by molar-refractivity contribution is -0.197. The number of hydrogen-bond acceptors (Lipinski definition) is 4. The van der Waals surface area contributed by atoms with Gasteiger partial charge in [0, 0.05) is 0 Å². The second kappa shape index (κ2) is 3.51. The summed E-state index contributed by atoms with van der Waals surface area (Å²) in [6.07, 6.45) is 1.12. The zero-order chi connectivity index (χ0) is 10.3. The molecule has 0 N–H and O–H groups in total. The van der Waals surface area contributed by atoms with E-state index in [0.717, 1.165) is 6.42 Å². The van der Waals surface area contributed by atoms with E-state index in [4.69, 9.17) is 9.47 Å². The van der Waals surface area contributed by atoms with Gasteiger partial charge in [-0.2, -0.15) is 0 Å². The topological polar surface area (TPSA) is 38.8 Å². The summed E-state index contributed by atoms with van der Waals surface area (Å²) in [5.41, 5.74) is 0. The van der Waals surface area contributed by atoms with Crippen LogP contribution in [0.15, 0.2) is 0 Å². The molecule has 0 radical (unpaired) electrons. The average Bonchev–Trinajstić information content (AvgIpc) is 2.07. The lowest BCUT2D eigenvalue weighted by Crippen LogP contribution is -2.59. The molecule has 0 saturated carbocycles. The number of ether oxygens (including phenoxy) is 2. The number of likely N-dealkylation sites (N-methyl/N-ethyl adjacent to an activating group) is 1. The highest BCUT2D eigenvalue weighted by Gasteiger charge is 2.43. The number of fused-ring (bicyclic) bond motifs is 1. The summed E-state index contributed by atoms with van der Waals surface area (Å²) in [5.74, 6) is -0.140. The number of carbonyl (C=O) groups is 1. The fourth-order valence-corrected chi connectivity index (χ4v) is 2.40. The highest BCUT2D eigenvalue weighted by atomic mass is 16.6. The molecule has 2 rings (SSSR count). The van der Waals surface area contributed by atoms with Crippen LogP contribution in [0.5, 0.6) is 0 Å². The fourth-order valence-electron chi connectivity index (χ4n) is 2.40. The van der Waals surface area contributed by atoms with Crippen LogP contribution < -0.4 is 0 Å². The molecule has 2 saturated heterocycles. The molecule has 0 unspecified atom stereocenters. The molecule has 0 aromatic heterocycles. The van der Waals surface area contributed by atoms with Crippen molar-refractivity contribution in [3.05, 3.63) is 0 Å². The third-order valence-electron chi connectivity index (χ3n) is 3.07. The molecule has 4 nitrogen and oxygen atoms in total. The predicted molar refractivity (Wildman–Crippen MR) is 50.9 cm³/mol. The van der Waals surface area contributed by atoms with Gasteiger partial charge in [-0.05, 0) is 27.3 Å². The van der Waals surface area contributed by atoms with Crippen LogP contribution in [0, 0.1) is 0 Å². The molecule has 80 valence electrons. The highest BCUT2D eigenvalue weighted by Crippen LogP contribution is 2.28. The van der Waals surface area contributed by atoms with Gasteiger partial charge in [0.2, 0.25) is 0 Å². The van der Waals surface area contributed by atoms with E-state index >= 15 is 0 Å². The van der Waals surface area contributed by atoms with E-state index in [0.29, 0.717) is 12.6 Å². The Kier molecular flexibility index (Phi) is 2.49. The van der Waals surface area contributed by atoms with Crippen molar-refractivity contribution in [3.63, 3.8) is 0 Å². The number of hydrogen-bond donors (Lipinski definition) is 0. The molecule has 4 heteroatoms. The Morgan fingerprint density at radius 1 is 1.43 bits per heavy atom. The van der Waals surface area contributed by atoms with E-state index in [1.165, 1.54) is 0 Å². The van der Waals surface area contributed by atoms with Crippen molar-refractivity contribution in [2.24, 2.45) is 0 Å². The molecule has 0 amide bonds. The quantitative estimate of drug-likeness (QED) is 0.530. The summed E-state index contributed by atoms with van der Waals surface area (Å²) in [7, 11) is 1.98. The molecular formula is C10H17NO3. The van der Waals surface area contributed by atoms with Crippen molar-refractivity contribution in [2.45, 2.75) is 44.6 Å². The minimum absolute atomic E-state index is 0.00968. The smallest absolute Gasteiger partial charge is 0.320 e. The Labute approximate surface area is 84.2 Å². The minimum Gasteiger partial charge on any atom is -0.457 e. The summed E-state index contributed by atoms with van der Waals surface area (Å²) in [6.45, 7) is 4.44. The minimum atomic E-state index is -0.140. The zero-order valence-electron chi connectivity index (χ0n) is 8.90. The van der Waals surface area contributed by atoms with Gasteiger partial charge < -0.3 is 9.47 Å². The number of morpholine rings is 1. The van der Waals surface area contributed by atoms with Crippen molar-refractivity contribution < 1.29 is 14.3 Å². The van der Waals surface area contributed by atoms with Crippen LogP contribution in [0.4, 0.5) is 0 Å². The molecule has 4 atom stereocenters. The van der Waals surface area contributed by atoms with Gasteiger partial charge >= 0.3 is 5.97 Å². The maximum atomic E-state index is 11.2. The Morgan fingerprint density at radius 2 is 2.14 bits per heavy atom. The highest BCUT2D eigenvalue weighted by molar-refractivity contribution is 5.72. The zero-order valence-corrected chi connectivity index (χ0v) is 8.90. The molecule has 2 aliphatic heterocycles. The van der Waals surface area contributed by atoms with Gasteiger partial charge in [0.25, 0.3) is 0 Å². The van der Waals surface area contributed by atoms with Crippen LogP contribution in [-0.4, -0.2) is 48.8 Å². The van der Waals surface area contributed by atoms with E-state index in [1.54, 1.807) is 0 Å². The number of esters is 1. The van der Waals surface area contributed by atoms with Crippen LogP contribution in [-0.2, 0) is 14.3 Å². The van der Waals surface area contributed by atoms with Crippen LogP contribution in [0.2, 0.25) is 0 Å². The van der Waals surface area contributed by atoms with Gasteiger partial charge in [0.1, 0.15) is 6.10 Å². The molecule has 0 aliphatic carbocycles. The van der Waals surface area contributed by atoms with Crippen molar-refractivity contribution in [1.29, 1.82) is 0 Å². The van der Waals surface area contributed by atoms with E-state index in [-0.39, 0.29) is 24.3 Å². The van der Waals surface area contributed by atoms with Crippen molar-refractivity contribution in [3.8, 4) is 0 Å². The summed E-state index contributed by atoms with van der Waals surface area (Å²) in [4.78, 5) is 13.3. The van der Waals surface area contributed by atoms with Gasteiger partial charge in [-0.15, -0.1) is 0 Å². The first-order chi connectivity index (χ1) is 6.58. The first-order valence-corrected chi connectivity index (χ1v) is 5.13. The van der Waals surface area contributed by atoms with Crippen molar-refractivity contribution >= 4 is 5.97 Å². The summed E-state index contributed by atoms with van der Waals surface area (Å²) < 4.78 is 11.0. The fraction of sp³-hybridized carbons (Fsp3) is 0.900. The van der Waals surface area contributed by atoms with E-state index in [1.807, 2.05) is 14.0 Å². The molecule has 0 bridgehead atoms. The largest absolute Gasteiger partial charge is 0.457 e. The Hall–Kier alpha value is -0.610. The SMILES string of the molecule is C[C@@H]1C[C@H]2[C@@H](OC(=O)CN2C)[C@H](C)O1. The van der Waals surface area contributed by atoms with Gasteiger partial charge in [-0.3, -0.25) is 9.69 Å². The van der Waals surface area contributed by atoms with Gasteiger partial charge in [0.15, 0.2) is 0 Å². The second-order valence-electron chi connectivity index (χ2n) is 4.32. The molecule has 0 spiro atoms. The van der Waals surface area contributed by atoms with Crippen LogP contribution in [0.3, 0.4) is 0 Å². The standard InChI is InChI=1S/C10H17NO3/c1-6-4-8-10(7(2)13-6)14-9(12)5-11(8)3/h6-8,10H,4-5H2,1-3H3/t6-,7+,8+,10+/m1/s1. The maximum Gasteiger partial charge on any atom is 0.320 e. The number of rotatable bonds is 0. The molecule has 0 aromatic rings. The first-order valence-electron chi connectivity index (χ1n) is 5.13. The monoisotopic (exact) mass is 199 g/mol. The number of carbonyl (C=O) groups excluding carboxylic acids is 1. The van der Waals surface area contributed by atoms with Gasteiger partial charge in [-0.1, -0.05) is 0 Å². The van der Waals surface area contributed by atoms with Gasteiger partial charge in [-0.25, -0.2) is 0 Å². The third-order valence-corrected chi connectivity index (χ3v) is 3.07. The van der Waals surface area contributed by atoms with Crippen LogP contribution in [0.25, 0.3) is 0 Å². The summed E-state index contributed by atoms with van der Waals surface area (Å²) in [5, 5.41) is 0. The van der Waals surface area contributed by atoms with Crippen LogP contribution in [0.1, 0.15) is 20.3 Å². The lowest BCUT2D eigenvalue weighted by atomic mass is 9.94. The predicted octanol–water partition coefficient (Wildman–Crippen LogP) is 0.409. The van der Waals surface area contributed by atoms with E-state index in [9.17, 15) is 4.79 Å². The lowest BCUT2D eigenvalue weighted by Gasteiger charge is -2.45. The molecule has 0 aromatic carbocycles. The second-order valence-corrected chi connectivity index (χ2v) is 4.32. The Morgan fingerprint density at radius 3 is 2.86 bits per heavy atom. The maximum absolute atomic E-state index is 11.2. The molecule has 2 heterocycles. The van der Waals surface area contributed by atoms with Crippen molar-refractivity contribution in [1.82, 2.24) is 4.90 Å². The summed E-state index contributed by atoms with van der Waals surface area (Å²) in [6, 6.07) is 0.325. The Balaban J connectivity index is 2.14. The molecule has 2 aliphatic rings. The van der Waals surface area contributed by atoms with E-state index in [2.05, 4.69) is 11.8 Å². The van der Waals surface area contributed by atoms with Gasteiger partial charge in [0.05, 0.1) is 24.8 Å². The van der Waals surface area contributed by atoms with Crippen molar-refractivity contribution in [2.75, 3.05) is 13.6 Å². The number of nitrogens with zero attached hydrogens (tertiary/aromatic N) is 1.